The highest BCUT2D eigenvalue weighted by atomic mass is 15.2. The summed E-state index contributed by atoms with van der Waals surface area (Å²) < 4.78 is 0. The maximum atomic E-state index is 8.34. The van der Waals surface area contributed by atoms with E-state index in [0.717, 1.165) is 18.4 Å². The van der Waals surface area contributed by atoms with E-state index in [0.29, 0.717) is 5.92 Å². The van der Waals surface area contributed by atoms with Crippen LogP contribution in [0.5, 0.6) is 0 Å². The average molecular weight is 208 g/mol. The van der Waals surface area contributed by atoms with Crippen LogP contribution in [0.25, 0.3) is 0 Å². The lowest BCUT2D eigenvalue weighted by atomic mass is 9.88. The molecule has 15 heavy (non-hydrogen) atoms. The molecule has 86 valence electrons. The van der Waals surface area contributed by atoms with Gasteiger partial charge in [0.1, 0.15) is 0 Å². The normalized spacial score (nSPS) is 22.7. The van der Waals surface area contributed by atoms with E-state index in [9.17, 15) is 0 Å². The molecule has 0 aromatic carbocycles. The molecule has 2 saturated carbocycles. The second-order valence-electron chi connectivity index (χ2n) is 5.14. The van der Waals surface area contributed by atoms with E-state index < -0.39 is 0 Å². The first-order valence-corrected chi connectivity index (χ1v) is 6.68. The molecule has 0 saturated heterocycles. The zero-order valence-corrected chi connectivity index (χ0v) is 9.97. The zero-order valence-electron chi connectivity index (χ0n) is 9.97. The van der Waals surface area contributed by atoms with Gasteiger partial charge in [-0.1, -0.05) is 26.2 Å². The van der Waals surface area contributed by atoms with Gasteiger partial charge in [-0.05, 0) is 32.1 Å². The van der Waals surface area contributed by atoms with E-state index >= 15 is 0 Å². The minimum absolute atomic E-state index is 0.589. The summed E-state index contributed by atoms with van der Waals surface area (Å²) in [7, 11) is 0. The van der Waals surface area contributed by atoms with Crippen molar-refractivity contribution in [1.29, 1.82) is 5.41 Å². The number of nitrogens with zero attached hydrogens (tertiary/aromatic N) is 1. The quantitative estimate of drug-likeness (QED) is 0.556. The van der Waals surface area contributed by atoms with Crippen molar-refractivity contribution in [2.45, 2.75) is 64.3 Å². The van der Waals surface area contributed by atoms with Crippen LogP contribution in [-0.4, -0.2) is 23.3 Å². The summed E-state index contributed by atoms with van der Waals surface area (Å²) in [6.45, 7) is 3.34. The van der Waals surface area contributed by atoms with Crippen molar-refractivity contribution in [2.24, 2.45) is 5.92 Å². The van der Waals surface area contributed by atoms with E-state index in [4.69, 9.17) is 5.41 Å². The highest BCUT2D eigenvalue weighted by Crippen LogP contribution is 2.32. The number of rotatable bonds is 4. The van der Waals surface area contributed by atoms with Gasteiger partial charge >= 0.3 is 0 Å². The van der Waals surface area contributed by atoms with E-state index in [1.54, 1.807) is 0 Å². The molecule has 2 aliphatic carbocycles. The Kier molecular flexibility index (Phi) is 3.66. The largest absolute Gasteiger partial charge is 0.357 e. The minimum Gasteiger partial charge on any atom is -0.357 e. The molecule has 1 N–H and O–H groups in total. The maximum Gasteiger partial charge on any atom is 0.0991 e. The Morgan fingerprint density at radius 3 is 2.33 bits per heavy atom. The number of hydrogen-bond acceptors (Lipinski definition) is 1. The molecule has 0 aromatic heterocycles. The molecule has 2 rings (SSSR count). The molecular weight excluding hydrogens is 184 g/mol. The van der Waals surface area contributed by atoms with Gasteiger partial charge in [-0.15, -0.1) is 0 Å². The van der Waals surface area contributed by atoms with E-state index in [-0.39, 0.29) is 0 Å². The van der Waals surface area contributed by atoms with Gasteiger partial charge in [-0.3, -0.25) is 5.41 Å². The summed E-state index contributed by atoms with van der Waals surface area (Å²) in [5.74, 6) is 1.56. The lowest BCUT2D eigenvalue weighted by Gasteiger charge is -2.32. The third-order valence-electron chi connectivity index (χ3n) is 3.75. The fourth-order valence-corrected chi connectivity index (χ4v) is 2.74. The van der Waals surface area contributed by atoms with Crippen LogP contribution in [0.2, 0.25) is 0 Å². The predicted octanol–water partition coefficient (Wildman–Crippen LogP) is 3.42. The van der Waals surface area contributed by atoms with E-state index in [1.807, 2.05) is 0 Å². The van der Waals surface area contributed by atoms with Gasteiger partial charge in [0, 0.05) is 18.5 Å². The molecule has 0 spiro atoms. The summed E-state index contributed by atoms with van der Waals surface area (Å²) in [4.78, 5) is 2.40. The van der Waals surface area contributed by atoms with Crippen molar-refractivity contribution in [3.63, 3.8) is 0 Å². The summed E-state index contributed by atoms with van der Waals surface area (Å²) in [5.41, 5.74) is 0. The molecule has 0 bridgehead atoms. The van der Waals surface area contributed by atoms with Crippen LogP contribution < -0.4 is 0 Å². The van der Waals surface area contributed by atoms with Crippen molar-refractivity contribution in [2.75, 3.05) is 6.54 Å². The molecule has 0 amide bonds. The van der Waals surface area contributed by atoms with Crippen molar-refractivity contribution in [3.05, 3.63) is 0 Å². The Morgan fingerprint density at radius 1 is 1.13 bits per heavy atom. The van der Waals surface area contributed by atoms with Gasteiger partial charge < -0.3 is 4.90 Å². The van der Waals surface area contributed by atoms with Crippen molar-refractivity contribution >= 4 is 5.84 Å². The fraction of sp³-hybridized carbons (Fsp3) is 0.923. The highest BCUT2D eigenvalue weighted by Gasteiger charge is 2.33. The van der Waals surface area contributed by atoms with Crippen LogP contribution in [-0.2, 0) is 0 Å². The average Bonchev–Trinajstić information content (AvgIpc) is 3.10. The van der Waals surface area contributed by atoms with Crippen molar-refractivity contribution < 1.29 is 0 Å². The molecule has 0 radical (unpaired) electrons. The van der Waals surface area contributed by atoms with Crippen molar-refractivity contribution in [1.82, 2.24) is 4.90 Å². The van der Waals surface area contributed by atoms with Crippen LogP contribution in [0.4, 0.5) is 0 Å². The lowest BCUT2D eigenvalue weighted by molar-refractivity contribution is 0.345. The summed E-state index contributed by atoms with van der Waals surface area (Å²) in [5, 5.41) is 8.34. The Bertz CT molecular complexity index is 215. The Hall–Kier alpha value is -0.530. The molecule has 0 heterocycles. The fourth-order valence-electron chi connectivity index (χ4n) is 2.74. The van der Waals surface area contributed by atoms with Crippen LogP contribution in [0.15, 0.2) is 0 Å². The van der Waals surface area contributed by atoms with Crippen LogP contribution in [0.3, 0.4) is 0 Å². The predicted molar refractivity (Wildman–Crippen MR) is 64.3 cm³/mol. The summed E-state index contributed by atoms with van der Waals surface area (Å²) >= 11 is 0. The Morgan fingerprint density at radius 2 is 1.80 bits per heavy atom. The summed E-state index contributed by atoms with van der Waals surface area (Å²) in [6.07, 6.45) is 10.5. The molecule has 2 heteroatoms. The second-order valence-corrected chi connectivity index (χ2v) is 5.14. The standard InChI is InChI=1S/C13H24N2/c1-2-10-15(12-8-9-12)13(14)11-6-4-3-5-7-11/h11-12,14H,2-10H2,1H3. The van der Waals surface area contributed by atoms with Gasteiger partial charge in [0.15, 0.2) is 0 Å². The topological polar surface area (TPSA) is 27.1 Å². The van der Waals surface area contributed by atoms with Crippen LogP contribution in [0, 0.1) is 11.3 Å². The second kappa shape index (κ2) is 5.00. The minimum atomic E-state index is 0.589. The van der Waals surface area contributed by atoms with Crippen LogP contribution in [0.1, 0.15) is 58.3 Å². The van der Waals surface area contributed by atoms with Gasteiger partial charge in [0.25, 0.3) is 0 Å². The third-order valence-corrected chi connectivity index (χ3v) is 3.75. The highest BCUT2D eigenvalue weighted by molar-refractivity contribution is 5.82. The van der Waals surface area contributed by atoms with Gasteiger partial charge in [-0.25, -0.2) is 0 Å². The smallest absolute Gasteiger partial charge is 0.0991 e. The van der Waals surface area contributed by atoms with E-state index in [1.165, 1.54) is 51.4 Å². The molecule has 0 aromatic rings. The maximum absolute atomic E-state index is 8.34. The Balaban J connectivity index is 1.90. The molecule has 2 fully saturated rings. The first kappa shape index (κ1) is 11.0. The molecule has 0 aliphatic heterocycles. The molecule has 2 nitrogen and oxygen atoms in total. The van der Waals surface area contributed by atoms with Gasteiger partial charge in [-0.2, -0.15) is 0 Å². The summed E-state index contributed by atoms with van der Waals surface area (Å²) in [6, 6.07) is 0.736. The number of amidine groups is 1. The Labute approximate surface area is 93.6 Å². The lowest BCUT2D eigenvalue weighted by Crippen LogP contribution is -2.38. The first-order valence-electron chi connectivity index (χ1n) is 6.68. The number of nitrogens with one attached hydrogen (secondary N) is 1. The number of hydrogen-bond donors (Lipinski definition) is 1. The SMILES string of the molecule is CCCN(C(=N)C1CCCCC1)C1CC1. The monoisotopic (exact) mass is 208 g/mol. The van der Waals surface area contributed by atoms with Gasteiger partial charge in [0.2, 0.25) is 0 Å². The van der Waals surface area contributed by atoms with Gasteiger partial charge in [0.05, 0.1) is 5.84 Å². The van der Waals surface area contributed by atoms with Crippen molar-refractivity contribution in [3.8, 4) is 0 Å². The molecule has 0 atom stereocenters. The third kappa shape index (κ3) is 2.73. The van der Waals surface area contributed by atoms with Crippen LogP contribution >= 0.6 is 0 Å². The zero-order chi connectivity index (χ0) is 10.7. The van der Waals surface area contributed by atoms with E-state index in [2.05, 4.69) is 11.8 Å². The molecular formula is C13H24N2. The first-order chi connectivity index (χ1) is 7.33. The molecule has 0 unspecified atom stereocenters. The molecule has 2 aliphatic rings.